The fraction of sp³-hybridized carbons (Fsp3) is 0.533. The third kappa shape index (κ3) is 2.41. The Bertz CT molecular complexity index is 404. The lowest BCUT2D eigenvalue weighted by Crippen LogP contribution is -2.59. The number of carbonyl (C=O) groups is 1. The molecule has 1 fully saturated rings. The van der Waals surface area contributed by atoms with Crippen molar-refractivity contribution in [1.29, 1.82) is 0 Å². The van der Waals surface area contributed by atoms with Gasteiger partial charge in [0, 0.05) is 6.54 Å². The molecular weight excluding hydrogens is 224 g/mol. The van der Waals surface area contributed by atoms with Crippen LogP contribution in [0.1, 0.15) is 38.2 Å². The third-order valence-electron chi connectivity index (χ3n) is 4.13. The van der Waals surface area contributed by atoms with Crippen molar-refractivity contribution in [2.24, 2.45) is 5.73 Å². The van der Waals surface area contributed by atoms with Crippen LogP contribution in [0.4, 0.5) is 0 Å². The maximum absolute atomic E-state index is 11.9. The smallest absolute Gasteiger partial charge is 0.237 e. The molecule has 2 N–H and O–H groups in total. The van der Waals surface area contributed by atoms with Crippen LogP contribution in [-0.4, -0.2) is 22.9 Å². The van der Waals surface area contributed by atoms with Crippen molar-refractivity contribution in [1.82, 2.24) is 4.90 Å². The summed E-state index contributed by atoms with van der Waals surface area (Å²) in [6, 6.07) is 10.3. The fourth-order valence-electron chi connectivity index (χ4n) is 2.98. The lowest BCUT2D eigenvalue weighted by atomic mass is 9.83. The van der Waals surface area contributed by atoms with Gasteiger partial charge in [-0.25, -0.2) is 0 Å². The normalized spacial score (nSPS) is 24.9. The van der Waals surface area contributed by atoms with Gasteiger partial charge in [-0.3, -0.25) is 9.69 Å². The molecule has 0 aliphatic carbocycles. The van der Waals surface area contributed by atoms with Crippen molar-refractivity contribution in [3.8, 4) is 0 Å². The Morgan fingerprint density at radius 1 is 1.33 bits per heavy atom. The minimum Gasteiger partial charge on any atom is -0.368 e. The van der Waals surface area contributed by atoms with E-state index in [9.17, 15) is 4.79 Å². The van der Waals surface area contributed by atoms with Gasteiger partial charge in [0.25, 0.3) is 0 Å². The molecule has 3 heteroatoms. The molecule has 0 radical (unpaired) electrons. The van der Waals surface area contributed by atoms with Gasteiger partial charge in [-0.1, -0.05) is 37.3 Å². The van der Waals surface area contributed by atoms with Gasteiger partial charge in [0.05, 0.1) is 0 Å². The Morgan fingerprint density at radius 3 is 2.67 bits per heavy atom. The molecular formula is C15H22N2O. The van der Waals surface area contributed by atoms with E-state index < -0.39 is 5.54 Å². The lowest BCUT2D eigenvalue weighted by Gasteiger charge is -2.44. The number of benzene rings is 1. The number of amides is 1. The predicted molar refractivity (Wildman–Crippen MR) is 72.9 cm³/mol. The molecule has 1 heterocycles. The summed E-state index contributed by atoms with van der Waals surface area (Å²) in [6.45, 7) is 3.84. The van der Waals surface area contributed by atoms with Crippen LogP contribution >= 0.6 is 0 Å². The number of rotatable bonds is 4. The second kappa shape index (κ2) is 5.53. The Hall–Kier alpha value is -1.35. The van der Waals surface area contributed by atoms with Crippen molar-refractivity contribution in [2.75, 3.05) is 6.54 Å². The molecule has 1 atom stereocenters. The lowest BCUT2D eigenvalue weighted by molar-refractivity contribution is -0.133. The van der Waals surface area contributed by atoms with Crippen molar-refractivity contribution in [2.45, 2.75) is 44.7 Å². The average Bonchev–Trinajstić information content (AvgIpc) is 2.40. The molecule has 98 valence electrons. The summed E-state index contributed by atoms with van der Waals surface area (Å²) < 4.78 is 0. The molecule has 1 amide bonds. The highest BCUT2D eigenvalue weighted by molar-refractivity contribution is 5.84. The van der Waals surface area contributed by atoms with Crippen LogP contribution in [0.25, 0.3) is 0 Å². The predicted octanol–water partition coefficient (Wildman–Crippen LogP) is 2.31. The quantitative estimate of drug-likeness (QED) is 0.886. The SMILES string of the molecule is CC[C@]1(C(N)=O)CCCCN1Cc1ccccc1. The molecule has 0 aromatic heterocycles. The summed E-state index contributed by atoms with van der Waals surface area (Å²) in [6.07, 6.45) is 3.95. The molecule has 1 aliphatic rings. The Labute approximate surface area is 109 Å². The van der Waals surface area contributed by atoms with Crippen LogP contribution in [-0.2, 0) is 11.3 Å². The first kappa shape index (κ1) is 13.1. The zero-order valence-corrected chi connectivity index (χ0v) is 11.1. The number of hydrogen-bond donors (Lipinski definition) is 1. The van der Waals surface area contributed by atoms with Gasteiger partial charge in [-0.2, -0.15) is 0 Å². The van der Waals surface area contributed by atoms with E-state index in [0.29, 0.717) is 0 Å². The number of hydrogen-bond acceptors (Lipinski definition) is 2. The zero-order chi connectivity index (χ0) is 13.0. The van der Waals surface area contributed by atoms with E-state index in [2.05, 4.69) is 24.0 Å². The number of carbonyl (C=O) groups excluding carboxylic acids is 1. The maximum atomic E-state index is 11.9. The van der Waals surface area contributed by atoms with E-state index in [1.807, 2.05) is 18.2 Å². The largest absolute Gasteiger partial charge is 0.368 e. The van der Waals surface area contributed by atoms with Crippen molar-refractivity contribution < 1.29 is 4.79 Å². The molecule has 1 aromatic carbocycles. The van der Waals surface area contributed by atoms with Crippen LogP contribution in [0, 0.1) is 0 Å². The third-order valence-corrected chi connectivity index (χ3v) is 4.13. The van der Waals surface area contributed by atoms with E-state index in [4.69, 9.17) is 5.73 Å². The summed E-state index contributed by atoms with van der Waals surface area (Å²) in [5.41, 5.74) is 6.49. The summed E-state index contributed by atoms with van der Waals surface area (Å²) >= 11 is 0. The minimum absolute atomic E-state index is 0.166. The molecule has 1 aromatic rings. The summed E-state index contributed by atoms with van der Waals surface area (Å²) in [5, 5.41) is 0. The van der Waals surface area contributed by atoms with E-state index in [1.54, 1.807) is 0 Å². The van der Waals surface area contributed by atoms with Gasteiger partial charge in [-0.15, -0.1) is 0 Å². The van der Waals surface area contributed by atoms with E-state index in [1.165, 1.54) is 5.56 Å². The van der Waals surface area contributed by atoms with Gasteiger partial charge in [0.15, 0.2) is 0 Å². The van der Waals surface area contributed by atoms with E-state index >= 15 is 0 Å². The average molecular weight is 246 g/mol. The molecule has 1 aliphatic heterocycles. The van der Waals surface area contributed by atoms with E-state index in [-0.39, 0.29) is 5.91 Å². The van der Waals surface area contributed by atoms with Crippen LogP contribution in [0.15, 0.2) is 30.3 Å². The van der Waals surface area contributed by atoms with Crippen LogP contribution in [0.3, 0.4) is 0 Å². The van der Waals surface area contributed by atoms with Crippen LogP contribution < -0.4 is 5.73 Å². The molecule has 0 unspecified atom stereocenters. The van der Waals surface area contributed by atoms with Gasteiger partial charge in [0.2, 0.25) is 5.91 Å². The fourth-order valence-corrected chi connectivity index (χ4v) is 2.98. The number of likely N-dealkylation sites (tertiary alicyclic amines) is 1. The highest BCUT2D eigenvalue weighted by Gasteiger charge is 2.42. The summed E-state index contributed by atoms with van der Waals surface area (Å²) in [7, 11) is 0. The molecule has 0 saturated carbocycles. The van der Waals surface area contributed by atoms with Crippen LogP contribution in [0.5, 0.6) is 0 Å². The first-order valence-corrected chi connectivity index (χ1v) is 6.78. The monoisotopic (exact) mass is 246 g/mol. The van der Waals surface area contributed by atoms with Crippen molar-refractivity contribution in [3.63, 3.8) is 0 Å². The first-order valence-electron chi connectivity index (χ1n) is 6.78. The second-order valence-electron chi connectivity index (χ2n) is 5.11. The molecule has 0 bridgehead atoms. The Morgan fingerprint density at radius 2 is 2.06 bits per heavy atom. The summed E-state index contributed by atoms with van der Waals surface area (Å²) in [4.78, 5) is 14.2. The van der Waals surface area contributed by atoms with Crippen molar-refractivity contribution >= 4 is 5.91 Å². The maximum Gasteiger partial charge on any atom is 0.237 e. The van der Waals surface area contributed by atoms with Crippen LogP contribution in [0.2, 0.25) is 0 Å². The van der Waals surface area contributed by atoms with Gasteiger partial charge in [-0.05, 0) is 37.8 Å². The minimum atomic E-state index is -0.436. The molecule has 3 nitrogen and oxygen atoms in total. The number of piperidine rings is 1. The van der Waals surface area contributed by atoms with Gasteiger partial charge >= 0.3 is 0 Å². The number of nitrogens with two attached hydrogens (primary N) is 1. The molecule has 1 saturated heterocycles. The standard InChI is InChI=1S/C15H22N2O/c1-2-15(14(16)18)10-6-7-11-17(15)12-13-8-4-3-5-9-13/h3-5,8-9H,2,6-7,10-12H2,1H3,(H2,16,18)/t15-/m1/s1. The molecule has 2 rings (SSSR count). The Balaban J connectivity index is 2.20. The highest BCUT2D eigenvalue weighted by Crippen LogP contribution is 2.32. The molecule has 0 spiro atoms. The number of nitrogens with zero attached hydrogens (tertiary/aromatic N) is 1. The summed E-state index contributed by atoms with van der Waals surface area (Å²) in [5.74, 6) is -0.166. The van der Waals surface area contributed by atoms with Gasteiger partial charge < -0.3 is 5.73 Å². The Kier molecular flexibility index (Phi) is 4.02. The molecule has 18 heavy (non-hydrogen) atoms. The number of primary amides is 1. The van der Waals surface area contributed by atoms with Crippen molar-refractivity contribution in [3.05, 3.63) is 35.9 Å². The topological polar surface area (TPSA) is 46.3 Å². The van der Waals surface area contributed by atoms with E-state index in [0.717, 1.165) is 38.8 Å². The second-order valence-corrected chi connectivity index (χ2v) is 5.11. The highest BCUT2D eigenvalue weighted by atomic mass is 16.1. The zero-order valence-electron chi connectivity index (χ0n) is 11.1. The van der Waals surface area contributed by atoms with Gasteiger partial charge in [0.1, 0.15) is 5.54 Å². The first-order chi connectivity index (χ1) is 8.69.